The van der Waals surface area contributed by atoms with E-state index in [-0.39, 0.29) is 36.0 Å². The first kappa shape index (κ1) is 28.9. The molecular weight excluding hydrogens is 567 g/mol. The van der Waals surface area contributed by atoms with Crippen LogP contribution in [-0.4, -0.2) is 67.4 Å². The molecule has 2 aromatic carbocycles. The van der Waals surface area contributed by atoms with Crippen molar-refractivity contribution in [2.45, 2.75) is 57.6 Å². The number of halogens is 3. The number of benzene rings is 2. The van der Waals surface area contributed by atoms with Gasteiger partial charge in [0.1, 0.15) is 18.5 Å². The molecule has 1 N–H and O–H groups in total. The Kier molecular flexibility index (Phi) is 8.43. The van der Waals surface area contributed by atoms with Crippen molar-refractivity contribution in [1.29, 1.82) is 0 Å². The van der Waals surface area contributed by atoms with E-state index in [0.29, 0.717) is 19.0 Å². The molecule has 10 nitrogen and oxygen atoms in total. The summed E-state index contributed by atoms with van der Waals surface area (Å²) in [6.45, 7) is 3.35. The van der Waals surface area contributed by atoms with E-state index in [2.05, 4.69) is 19.4 Å². The highest BCUT2D eigenvalue weighted by atomic mass is 19.3. The number of piperidine rings is 1. The van der Waals surface area contributed by atoms with E-state index < -0.39 is 23.8 Å². The average molecular weight is 598 g/mol. The summed E-state index contributed by atoms with van der Waals surface area (Å²) in [5.41, 5.74) is 1.36. The van der Waals surface area contributed by atoms with Gasteiger partial charge in [-0.1, -0.05) is 0 Å². The molecule has 2 aliphatic rings. The summed E-state index contributed by atoms with van der Waals surface area (Å²) < 4.78 is 58.9. The van der Waals surface area contributed by atoms with Gasteiger partial charge in [-0.05, 0) is 55.7 Å². The molecule has 4 aromatic rings. The zero-order chi connectivity index (χ0) is 29.9. The standard InChI is InChI=1S/C30H30F3N5O5/c31-22-13-18(29(32)33)2-4-25(22)42-17-26-34-9-5-28(36-26)43-20-6-10-37(11-7-20)16-27-35-23-3-1-19(30(39)40)14-24(23)38(27)15-21-8-12-41-21/h1-5,9,13-14,20-21,29H,6-8,10-12,15-17H2,(H,39,40)/t21-/m0/s1. The summed E-state index contributed by atoms with van der Waals surface area (Å²) in [4.78, 5) is 27.2. The van der Waals surface area contributed by atoms with Gasteiger partial charge in [-0.25, -0.2) is 27.9 Å². The number of rotatable bonds is 11. The predicted octanol–water partition coefficient (Wildman–Crippen LogP) is 5.01. The third-order valence-corrected chi connectivity index (χ3v) is 7.69. The molecule has 226 valence electrons. The number of ether oxygens (including phenoxy) is 3. The third-order valence-electron chi connectivity index (χ3n) is 7.69. The van der Waals surface area contributed by atoms with Crippen LogP contribution in [0.1, 0.15) is 53.3 Å². The number of alkyl halides is 2. The quantitative estimate of drug-likeness (QED) is 0.255. The number of aromatic carboxylic acids is 1. The lowest BCUT2D eigenvalue weighted by molar-refractivity contribution is -0.0592. The van der Waals surface area contributed by atoms with Crippen molar-refractivity contribution in [2.75, 3.05) is 19.7 Å². The molecule has 0 saturated carbocycles. The monoisotopic (exact) mass is 597 g/mol. The second-order valence-corrected chi connectivity index (χ2v) is 10.6. The summed E-state index contributed by atoms with van der Waals surface area (Å²) in [6, 6.07) is 9.67. The van der Waals surface area contributed by atoms with Gasteiger partial charge in [0, 0.05) is 37.5 Å². The molecule has 2 aliphatic heterocycles. The Morgan fingerprint density at radius 1 is 1.09 bits per heavy atom. The second kappa shape index (κ2) is 12.6. The predicted molar refractivity (Wildman–Crippen MR) is 148 cm³/mol. The molecule has 0 spiro atoms. The van der Waals surface area contributed by atoms with E-state index in [9.17, 15) is 23.1 Å². The highest BCUT2D eigenvalue weighted by Crippen LogP contribution is 2.27. The Bertz CT molecular complexity index is 1600. The Morgan fingerprint density at radius 3 is 2.60 bits per heavy atom. The van der Waals surface area contributed by atoms with E-state index >= 15 is 0 Å². The lowest BCUT2D eigenvalue weighted by Crippen LogP contribution is -2.39. The minimum absolute atomic E-state index is 0.0698. The summed E-state index contributed by atoms with van der Waals surface area (Å²) in [5.74, 6) is -0.508. The molecule has 6 rings (SSSR count). The molecule has 1 atom stereocenters. The number of carboxylic acid groups (broad SMARTS) is 1. The molecule has 0 amide bonds. The summed E-state index contributed by atoms with van der Waals surface area (Å²) in [6.07, 6.45) is 1.26. The van der Waals surface area contributed by atoms with E-state index in [4.69, 9.17) is 19.2 Å². The van der Waals surface area contributed by atoms with E-state index in [1.807, 2.05) is 0 Å². The number of carboxylic acids is 1. The largest absolute Gasteiger partial charge is 0.483 e. The summed E-state index contributed by atoms with van der Waals surface area (Å²) in [5, 5.41) is 9.47. The molecule has 0 radical (unpaired) electrons. The van der Waals surface area contributed by atoms with Crippen molar-refractivity contribution < 1.29 is 37.3 Å². The van der Waals surface area contributed by atoms with Crippen molar-refractivity contribution in [2.24, 2.45) is 0 Å². The first-order chi connectivity index (χ1) is 20.8. The maximum Gasteiger partial charge on any atom is 0.335 e. The molecule has 13 heteroatoms. The van der Waals surface area contributed by atoms with Gasteiger partial charge in [0.25, 0.3) is 6.43 Å². The zero-order valence-corrected chi connectivity index (χ0v) is 23.2. The number of fused-ring (bicyclic) bond motifs is 1. The summed E-state index contributed by atoms with van der Waals surface area (Å²) in [7, 11) is 0. The van der Waals surface area contributed by atoms with Crippen LogP contribution in [0.15, 0.2) is 48.7 Å². The van der Waals surface area contributed by atoms with Gasteiger partial charge in [0.05, 0.1) is 35.8 Å². The van der Waals surface area contributed by atoms with E-state index in [0.717, 1.165) is 74.0 Å². The highest BCUT2D eigenvalue weighted by molar-refractivity contribution is 5.92. The molecule has 4 heterocycles. The molecular formula is C30H30F3N5O5. The van der Waals surface area contributed by atoms with Gasteiger partial charge in [0.2, 0.25) is 5.88 Å². The molecule has 0 aliphatic carbocycles. The van der Waals surface area contributed by atoms with Crippen molar-refractivity contribution in [3.05, 3.63) is 77.3 Å². The van der Waals surface area contributed by atoms with Crippen molar-refractivity contribution in [1.82, 2.24) is 24.4 Å². The maximum absolute atomic E-state index is 14.1. The topological polar surface area (TPSA) is 112 Å². The zero-order valence-electron chi connectivity index (χ0n) is 23.2. The van der Waals surface area contributed by atoms with Crippen LogP contribution in [0.4, 0.5) is 13.2 Å². The molecule has 0 bridgehead atoms. The van der Waals surface area contributed by atoms with E-state index in [1.54, 1.807) is 24.3 Å². The Balaban J connectivity index is 1.05. The Morgan fingerprint density at radius 2 is 1.91 bits per heavy atom. The fourth-order valence-electron chi connectivity index (χ4n) is 5.25. The number of hydrogen-bond acceptors (Lipinski definition) is 8. The van der Waals surface area contributed by atoms with Gasteiger partial charge in [-0.15, -0.1) is 0 Å². The smallest absolute Gasteiger partial charge is 0.335 e. The van der Waals surface area contributed by atoms with Gasteiger partial charge in [0.15, 0.2) is 17.4 Å². The van der Waals surface area contributed by atoms with Crippen LogP contribution < -0.4 is 9.47 Å². The second-order valence-electron chi connectivity index (χ2n) is 10.6. The molecule has 2 aromatic heterocycles. The van der Waals surface area contributed by atoms with Crippen molar-refractivity contribution >= 4 is 17.0 Å². The van der Waals surface area contributed by atoms with Crippen LogP contribution in [-0.2, 0) is 24.4 Å². The Labute approximate surface area is 245 Å². The molecule has 2 fully saturated rings. The highest BCUT2D eigenvalue weighted by Gasteiger charge is 2.26. The van der Waals surface area contributed by atoms with Crippen LogP contribution >= 0.6 is 0 Å². The van der Waals surface area contributed by atoms with Crippen LogP contribution in [0, 0.1) is 5.82 Å². The van der Waals surface area contributed by atoms with Crippen LogP contribution in [0.25, 0.3) is 11.0 Å². The first-order valence-corrected chi connectivity index (χ1v) is 14.1. The third kappa shape index (κ3) is 6.73. The van der Waals surface area contributed by atoms with Gasteiger partial charge in [-0.2, -0.15) is 4.98 Å². The van der Waals surface area contributed by atoms with Crippen LogP contribution in [0.5, 0.6) is 11.6 Å². The average Bonchev–Trinajstić information content (AvgIpc) is 3.31. The minimum atomic E-state index is -2.77. The maximum atomic E-state index is 14.1. The molecule has 2 saturated heterocycles. The van der Waals surface area contributed by atoms with Gasteiger partial charge in [-0.3, -0.25) is 4.90 Å². The fourth-order valence-corrected chi connectivity index (χ4v) is 5.25. The number of carbonyl (C=O) groups is 1. The van der Waals surface area contributed by atoms with E-state index in [1.165, 1.54) is 6.20 Å². The van der Waals surface area contributed by atoms with Gasteiger partial charge < -0.3 is 23.9 Å². The number of nitrogens with zero attached hydrogens (tertiary/aromatic N) is 5. The lowest BCUT2D eigenvalue weighted by atomic mass is 10.1. The van der Waals surface area contributed by atoms with Crippen molar-refractivity contribution in [3.63, 3.8) is 0 Å². The fraction of sp³-hybridized carbons (Fsp3) is 0.400. The van der Waals surface area contributed by atoms with Gasteiger partial charge >= 0.3 is 5.97 Å². The molecule has 43 heavy (non-hydrogen) atoms. The van der Waals surface area contributed by atoms with Crippen LogP contribution in [0.2, 0.25) is 0 Å². The van der Waals surface area contributed by atoms with Crippen molar-refractivity contribution in [3.8, 4) is 11.6 Å². The number of likely N-dealkylation sites (tertiary alicyclic amines) is 1. The number of aromatic nitrogens is 4. The number of hydrogen-bond donors (Lipinski definition) is 1. The SMILES string of the molecule is O=C(O)c1ccc2nc(CN3CCC(Oc4ccnc(COc5ccc(C(F)F)cc5F)n4)CC3)n(C[C@@H]3CCO3)c2c1. The first-order valence-electron chi connectivity index (χ1n) is 14.1. The summed E-state index contributed by atoms with van der Waals surface area (Å²) >= 11 is 0. The Hall–Kier alpha value is -4.23. The normalized spacial score (nSPS) is 17.7. The lowest BCUT2D eigenvalue weighted by Gasteiger charge is -2.32. The molecule has 0 unspecified atom stereocenters. The van der Waals surface area contributed by atoms with Crippen LogP contribution in [0.3, 0.4) is 0 Å². The number of imidazole rings is 1. The minimum Gasteiger partial charge on any atom is -0.483 e.